The standard InChI is InChI=1S/C24H21ClN4O3/c25-17-7-4-15(5-8-17)16-6-9-19-18(13-16)23(31)29-12-11-28(14-21(29)22(30)27-19)24(32)20-3-1-2-10-26-20/h1-7,9-10,13,17,21H,8,11-12,14H2,(H,27,30). The second-order valence-corrected chi connectivity index (χ2v) is 8.56. The van der Waals surface area contributed by atoms with Crippen LogP contribution in [0.4, 0.5) is 5.69 Å². The zero-order valence-corrected chi connectivity index (χ0v) is 18.0. The molecule has 8 heteroatoms. The van der Waals surface area contributed by atoms with Crippen LogP contribution in [-0.4, -0.2) is 63.6 Å². The molecule has 2 unspecified atom stereocenters. The third-order valence-corrected chi connectivity index (χ3v) is 6.33. The van der Waals surface area contributed by atoms with Gasteiger partial charge < -0.3 is 15.1 Å². The van der Waals surface area contributed by atoms with Crippen LogP contribution in [0.15, 0.2) is 60.8 Å². The van der Waals surface area contributed by atoms with Crippen LogP contribution in [0, 0.1) is 0 Å². The zero-order chi connectivity index (χ0) is 22.2. The van der Waals surface area contributed by atoms with Crippen molar-refractivity contribution in [3.8, 4) is 0 Å². The number of fused-ring (bicyclic) bond motifs is 2. The average molecular weight is 449 g/mol. The fraction of sp³-hybridized carbons (Fsp3) is 0.250. The summed E-state index contributed by atoms with van der Waals surface area (Å²) in [4.78, 5) is 46.5. The molecule has 0 bridgehead atoms. The van der Waals surface area contributed by atoms with Crippen LogP contribution in [0.2, 0.25) is 0 Å². The van der Waals surface area contributed by atoms with E-state index >= 15 is 0 Å². The molecule has 1 aromatic heterocycles. The van der Waals surface area contributed by atoms with Gasteiger partial charge in [0.2, 0.25) is 5.91 Å². The number of carbonyl (C=O) groups is 3. The average Bonchev–Trinajstić information content (AvgIpc) is 2.93. The third-order valence-electron chi connectivity index (χ3n) is 6.00. The van der Waals surface area contributed by atoms with Gasteiger partial charge in [-0.25, -0.2) is 0 Å². The number of hydrogen-bond acceptors (Lipinski definition) is 4. The van der Waals surface area contributed by atoms with Crippen molar-refractivity contribution in [1.82, 2.24) is 14.8 Å². The molecular weight excluding hydrogens is 428 g/mol. The first-order valence-corrected chi connectivity index (χ1v) is 10.9. The smallest absolute Gasteiger partial charge is 0.272 e. The van der Waals surface area contributed by atoms with Crippen molar-refractivity contribution in [2.45, 2.75) is 17.8 Å². The highest BCUT2D eigenvalue weighted by Crippen LogP contribution is 2.31. The molecule has 0 spiro atoms. The van der Waals surface area contributed by atoms with E-state index in [0.29, 0.717) is 23.5 Å². The highest BCUT2D eigenvalue weighted by Gasteiger charge is 2.40. The minimum absolute atomic E-state index is 0.0219. The van der Waals surface area contributed by atoms with E-state index in [1.807, 2.05) is 30.4 Å². The second-order valence-electron chi connectivity index (χ2n) is 8.00. The van der Waals surface area contributed by atoms with Gasteiger partial charge in [-0.3, -0.25) is 19.4 Å². The highest BCUT2D eigenvalue weighted by molar-refractivity contribution is 6.22. The maximum atomic E-state index is 13.4. The van der Waals surface area contributed by atoms with Gasteiger partial charge in [-0.1, -0.05) is 30.4 Å². The number of nitrogens with zero attached hydrogens (tertiary/aromatic N) is 3. The Balaban J connectivity index is 1.41. The van der Waals surface area contributed by atoms with Gasteiger partial charge >= 0.3 is 0 Å². The molecule has 3 amide bonds. The maximum Gasteiger partial charge on any atom is 0.272 e. The van der Waals surface area contributed by atoms with E-state index in [1.165, 1.54) is 0 Å². The van der Waals surface area contributed by atoms with Crippen molar-refractivity contribution in [1.29, 1.82) is 0 Å². The van der Waals surface area contributed by atoms with Gasteiger partial charge in [-0.15, -0.1) is 11.6 Å². The first kappa shape index (κ1) is 20.5. The number of benzene rings is 1. The van der Waals surface area contributed by atoms with E-state index in [0.717, 1.165) is 17.6 Å². The van der Waals surface area contributed by atoms with Crippen molar-refractivity contribution in [3.05, 3.63) is 77.6 Å². The fourth-order valence-corrected chi connectivity index (χ4v) is 4.44. The van der Waals surface area contributed by atoms with Crippen LogP contribution in [0.1, 0.15) is 32.8 Å². The van der Waals surface area contributed by atoms with Crippen LogP contribution in [0.5, 0.6) is 0 Å². The second kappa shape index (κ2) is 8.24. The molecule has 0 saturated carbocycles. The molecule has 5 rings (SSSR count). The topological polar surface area (TPSA) is 82.6 Å². The van der Waals surface area contributed by atoms with Gasteiger partial charge in [0.05, 0.1) is 23.2 Å². The summed E-state index contributed by atoms with van der Waals surface area (Å²) in [6.07, 6.45) is 8.21. The van der Waals surface area contributed by atoms with Crippen LogP contribution in [0.25, 0.3) is 5.57 Å². The van der Waals surface area contributed by atoms with Crippen molar-refractivity contribution in [2.24, 2.45) is 0 Å². The number of pyridine rings is 1. The van der Waals surface area contributed by atoms with Gasteiger partial charge in [-0.05, 0) is 41.8 Å². The molecule has 2 aromatic rings. The number of halogens is 1. The first-order valence-electron chi connectivity index (χ1n) is 10.5. The van der Waals surface area contributed by atoms with Crippen molar-refractivity contribution < 1.29 is 14.4 Å². The number of nitrogens with one attached hydrogen (secondary N) is 1. The Morgan fingerprint density at radius 1 is 1.16 bits per heavy atom. The van der Waals surface area contributed by atoms with Crippen LogP contribution in [-0.2, 0) is 4.79 Å². The Kier molecular flexibility index (Phi) is 5.27. The number of aromatic nitrogens is 1. The third kappa shape index (κ3) is 3.69. The Hall–Kier alpha value is -3.45. The fourth-order valence-electron chi connectivity index (χ4n) is 4.27. The van der Waals surface area contributed by atoms with Crippen LogP contribution >= 0.6 is 11.6 Å². The Morgan fingerprint density at radius 2 is 2.03 bits per heavy atom. The minimum Gasteiger partial charge on any atom is -0.333 e. The number of carbonyl (C=O) groups excluding carboxylic acids is 3. The monoisotopic (exact) mass is 448 g/mol. The van der Waals surface area contributed by atoms with Gasteiger partial charge in [0.15, 0.2) is 0 Å². The largest absolute Gasteiger partial charge is 0.333 e. The number of hydrogen-bond donors (Lipinski definition) is 1. The van der Waals surface area contributed by atoms with E-state index in [1.54, 1.807) is 40.3 Å². The van der Waals surface area contributed by atoms with Crippen molar-refractivity contribution in [3.63, 3.8) is 0 Å². The van der Waals surface area contributed by atoms with Crippen molar-refractivity contribution in [2.75, 3.05) is 25.0 Å². The summed E-state index contributed by atoms with van der Waals surface area (Å²) >= 11 is 6.12. The number of piperazine rings is 1. The molecule has 7 nitrogen and oxygen atoms in total. The van der Waals surface area contributed by atoms with Crippen LogP contribution in [0.3, 0.4) is 0 Å². The number of alkyl halides is 1. The molecule has 1 aromatic carbocycles. The number of anilines is 1. The molecule has 2 atom stereocenters. The van der Waals surface area contributed by atoms with Gasteiger partial charge in [0.1, 0.15) is 11.7 Å². The molecule has 3 aliphatic rings. The number of allylic oxidation sites excluding steroid dienone is 4. The summed E-state index contributed by atoms with van der Waals surface area (Å²) in [7, 11) is 0. The Bertz CT molecular complexity index is 1160. The summed E-state index contributed by atoms with van der Waals surface area (Å²) in [5.74, 6) is -0.765. The van der Waals surface area contributed by atoms with E-state index in [2.05, 4.69) is 10.3 Å². The summed E-state index contributed by atoms with van der Waals surface area (Å²) in [5.41, 5.74) is 3.15. The van der Waals surface area contributed by atoms with Gasteiger partial charge in [0, 0.05) is 19.3 Å². The lowest BCUT2D eigenvalue weighted by molar-refractivity contribution is -0.121. The summed E-state index contributed by atoms with van der Waals surface area (Å²) in [6.45, 7) is 0.736. The lowest BCUT2D eigenvalue weighted by Gasteiger charge is -2.39. The number of rotatable bonds is 2. The van der Waals surface area contributed by atoms with E-state index in [-0.39, 0.29) is 36.2 Å². The van der Waals surface area contributed by atoms with Crippen molar-refractivity contribution >= 4 is 40.6 Å². The molecule has 32 heavy (non-hydrogen) atoms. The van der Waals surface area contributed by atoms with E-state index in [9.17, 15) is 14.4 Å². The molecule has 3 heterocycles. The molecule has 1 aliphatic carbocycles. The Labute approximate surface area is 190 Å². The normalized spacial score (nSPS) is 22.5. The summed E-state index contributed by atoms with van der Waals surface area (Å²) in [6, 6.07) is 9.84. The zero-order valence-electron chi connectivity index (χ0n) is 17.2. The van der Waals surface area contributed by atoms with E-state index in [4.69, 9.17) is 11.6 Å². The minimum atomic E-state index is -0.759. The van der Waals surface area contributed by atoms with Crippen LogP contribution < -0.4 is 5.32 Å². The lowest BCUT2D eigenvalue weighted by atomic mass is 9.96. The Morgan fingerprint density at radius 3 is 2.78 bits per heavy atom. The summed E-state index contributed by atoms with van der Waals surface area (Å²) < 4.78 is 0. The molecule has 0 radical (unpaired) electrons. The highest BCUT2D eigenvalue weighted by atomic mass is 35.5. The number of amides is 3. The van der Waals surface area contributed by atoms with Gasteiger partial charge in [0.25, 0.3) is 11.8 Å². The molecular formula is C24H21ClN4O3. The molecule has 1 N–H and O–H groups in total. The quantitative estimate of drug-likeness (QED) is 0.716. The maximum absolute atomic E-state index is 13.4. The molecule has 162 valence electrons. The molecule has 2 aliphatic heterocycles. The SMILES string of the molecule is O=C1Nc2ccc(C3=CCC(Cl)C=C3)cc2C(=O)N2CCN(C(=O)c3ccccn3)CC12. The lowest BCUT2D eigenvalue weighted by Crippen LogP contribution is -2.59. The first-order chi connectivity index (χ1) is 15.5. The molecule has 1 saturated heterocycles. The van der Waals surface area contributed by atoms with E-state index < -0.39 is 6.04 Å². The summed E-state index contributed by atoms with van der Waals surface area (Å²) in [5, 5.41) is 2.85. The van der Waals surface area contributed by atoms with Gasteiger partial charge in [-0.2, -0.15) is 0 Å². The molecule has 1 fully saturated rings. The predicted octanol–water partition coefficient (Wildman–Crippen LogP) is 2.95. The predicted molar refractivity (Wildman–Crippen MR) is 121 cm³/mol.